The number of hydrogen-bond donors (Lipinski definition) is 1. The molecule has 6 nitrogen and oxygen atoms in total. The van der Waals surface area contributed by atoms with Crippen LogP contribution in [0.4, 0.5) is 11.4 Å². The number of anilines is 2. The predicted molar refractivity (Wildman–Crippen MR) is 108 cm³/mol. The maximum absolute atomic E-state index is 12.6. The van der Waals surface area contributed by atoms with Crippen molar-refractivity contribution in [1.82, 2.24) is 4.98 Å². The number of thiophene rings is 1. The first kappa shape index (κ1) is 18.8. The second kappa shape index (κ2) is 7.36. The number of benzene rings is 1. The van der Waals surface area contributed by atoms with Gasteiger partial charge in [-0.1, -0.05) is 18.2 Å². The number of esters is 1. The topological polar surface area (TPSA) is 85.5 Å². The summed E-state index contributed by atoms with van der Waals surface area (Å²) in [6, 6.07) is 11.1. The van der Waals surface area contributed by atoms with Gasteiger partial charge in [0.1, 0.15) is 9.71 Å². The number of aromatic nitrogens is 1. The molecule has 27 heavy (non-hydrogen) atoms. The third-order valence-electron chi connectivity index (χ3n) is 4.32. The number of carbonyl (C=O) groups is 2. The third kappa shape index (κ3) is 3.64. The average molecular weight is 383 g/mol. The summed E-state index contributed by atoms with van der Waals surface area (Å²) >= 11 is 1.18. The van der Waals surface area contributed by atoms with E-state index in [2.05, 4.69) is 4.98 Å². The molecular formula is C20H21N3O3S. The van der Waals surface area contributed by atoms with Crippen molar-refractivity contribution in [3.63, 3.8) is 0 Å². The molecule has 0 radical (unpaired) electrons. The van der Waals surface area contributed by atoms with Crippen molar-refractivity contribution in [1.29, 1.82) is 0 Å². The first-order valence-corrected chi connectivity index (χ1v) is 9.31. The van der Waals surface area contributed by atoms with E-state index in [1.165, 1.54) is 16.2 Å². The number of nitrogens with two attached hydrogens (primary N) is 1. The van der Waals surface area contributed by atoms with Crippen LogP contribution in [0, 0.1) is 13.8 Å². The molecule has 0 aliphatic carbocycles. The molecule has 2 N–H and O–H groups in total. The number of amides is 1. The van der Waals surface area contributed by atoms with Gasteiger partial charge in [-0.3, -0.25) is 4.79 Å². The van der Waals surface area contributed by atoms with Crippen LogP contribution in [0.2, 0.25) is 0 Å². The summed E-state index contributed by atoms with van der Waals surface area (Å²) in [4.78, 5) is 32.1. The molecule has 0 aliphatic heterocycles. The Morgan fingerprint density at radius 2 is 1.89 bits per heavy atom. The summed E-state index contributed by atoms with van der Waals surface area (Å²) in [7, 11) is 1.64. The molecule has 0 bridgehead atoms. The van der Waals surface area contributed by atoms with Crippen molar-refractivity contribution < 1.29 is 14.3 Å². The first-order valence-electron chi connectivity index (χ1n) is 8.49. The molecule has 140 valence electrons. The SMILES string of the molecule is Cc1cc(C)c2c(N)c(C(=O)O[C@H](C)C(=O)N(C)c3ccccc3)sc2n1. The van der Waals surface area contributed by atoms with Crippen molar-refractivity contribution >= 4 is 44.8 Å². The van der Waals surface area contributed by atoms with E-state index in [-0.39, 0.29) is 10.8 Å². The zero-order chi connectivity index (χ0) is 19.7. The minimum absolute atomic E-state index is 0.271. The maximum Gasteiger partial charge on any atom is 0.351 e. The highest BCUT2D eigenvalue weighted by Crippen LogP contribution is 2.35. The van der Waals surface area contributed by atoms with Gasteiger partial charge in [0.05, 0.1) is 5.69 Å². The van der Waals surface area contributed by atoms with Crippen molar-refractivity contribution in [2.45, 2.75) is 26.9 Å². The fourth-order valence-corrected chi connectivity index (χ4v) is 4.04. The zero-order valence-corrected chi connectivity index (χ0v) is 16.5. The van der Waals surface area contributed by atoms with E-state index in [0.29, 0.717) is 10.5 Å². The number of likely N-dealkylation sites (N-methyl/N-ethyl adjacent to an activating group) is 1. The highest BCUT2D eigenvalue weighted by Gasteiger charge is 2.26. The van der Waals surface area contributed by atoms with Crippen LogP contribution in [0.25, 0.3) is 10.2 Å². The normalized spacial score (nSPS) is 12.0. The summed E-state index contributed by atoms with van der Waals surface area (Å²) in [5.74, 6) is -0.936. The molecule has 7 heteroatoms. The Bertz CT molecular complexity index is 1010. The number of nitrogen functional groups attached to an aromatic ring is 1. The number of carbonyl (C=O) groups excluding carboxylic acids is 2. The fourth-order valence-electron chi connectivity index (χ4n) is 2.94. The lowest BCUT2D eigenvalue weighted by Gasteiger charge is -2.21. The van der Waals surface area contributed by atoms with Crippen LogP contribution in [0.1, 0.15) is 27.9 Å². The number of rotatable bonds is 4. The Labute approximate surface area is 161 Å². The molecule has 0 unspecified atom stereocenters. The van der Waals surface area contributed by atoms with Gasteiger partial charge in [0.15, 0.2) is 6.10 Å². The maximum atomic E-state index is 12.6. The number of fused-ring (bicyclic) bond motifs is 1. The standard InChI is InChI=1S/C20H21N3O3S/c1-11-10-12(2)22-18-15(11)16(21)17(27-18)20(25)26-13(3)19(24)23(4)14-8-6-5-7-9-14/h5-10,13H,21H2,1-4H3/t13-/m1/s1. The molecule has 3 aromatic rings. The quantitative estimate of drug-likeness (QED) is 0.694. The smallest absolute Gasteiger partial charge is 0.351 e. The number of nitrogens with zero attached hydrogens (tertiary/aromatic N) is 2. The fraction of sp³-hybridized carbons (Fsp3) is 0.250. The number of hydrogen-bond acceptors (Lipinski definition) is 6. The average Bonchev–Trinajstić information content (AvgIpc) is 2.97. The van der Waals surface area contributed by atoms with Gasteiger partial charge in [-0.25, -0.2) is 9.78 Å². The van der Waals surface area contributed by atoms with Crippen molar-refractivity contribution in [2.75, 3.05) is 17.7 Å². The van der Waals surface area contributed by atoms with Gasteiger partial charge < -0.3 is 15.4 Å². The van der Waals surface area contributed by atoms with E-state index in [9.17, 15) is 9.59 Å². The summed E-state index contributed by atoms with van der Waals surface area (Å²) in [6.45, 7) is 5.37. The molecule has 0 aliphatic rings. The molecular weight excluding hydrogens is 362 g/mol. The van der Waals surface area contributed by atoms with Gasteiger partial charge in [-0.15, -0.1) is 11.3 Å². The minimum Gasteiger partial charge on any atom is -0.448 e. The summed E-state index contributed by atoms with van der Waals surface area (Å²) < 4.78 is 5.39. The second-order valence-electron chi connectivity index (χ2n) is 6.39. The van der Waals surface area contributed by atoms with E-state index in [1.807, 2.05) is 50.2 Å². The number of para-hydroxylation sites is 1. The molecule has 0 saturated heterocycles. The van der Waals surface area contributed by atoms with E-state index in [4.69, 9.17) is 10.5 Å². The molecule has 2 heterocycles. The molecule has 0 spiro atoms. The Balaban J connectivity index is 1.81. The largest absolute Gasteiger partial charge is 0.448 e. The molecule has 1 atom stereocenters. The lowest BCUT2D eigenvalue weighted by molar-refractivity contribution is -0.126. The van der Waals surface area contributed by atoms with Gasteiger partial charge in [-0.05, 0) is 44.5 Å². The van der Waals surface area contributed by atoms with Crippen LogP contribution in [0.15, 0.2) is 36.4 Å². The number of aryl methyl sites for hydroxylation is 2. The van der Waals surface area contributed by atoms with Gasteiger partial charge >= 0.3 is 5.97 Å². The van der Waals surface area contributed by atoms with Crippen LogP contribution in [0.3, 0.4) is 0 Å². The van der Waals surface area contributed by atoms with Crippen molar-refractivity contribution in [3.8, 4) is 0 Å². The predicted octanol–water partition coefficient (Wildman–Crippen LogP) is 3.70. The summed E-state index contributed by atoms with van der Waals surface area (Å²) in [5, 5.41) is 0.762. The highest BCUT2D eigenvalue weighted by molar-refractivity contribution is 7.21. The zero-order valence-electron chi connectivity index (χ0n) is 15.6. The molecule has 1 aromatic carbocycles. The van der Waals surface area contributed by atoms with Crippen LogP contribution in [-0.2, 0) is 9.53 Å². The Morgan fingerprint density at radius 1 is 1.22 bits per heavy atom. The van der Waals surface area contributed by atoms with Crippen LogP contribution < -0.4 is 10.6 Å². The van der Waals surface area contributed by atoms with E-state index < -0.39 is 12.1 Å². The molecule has 0 saturated carbocycles. The van der Waals surface area contributed by atoms with Crippen LogP contribution in [-0.4, -0.2) is 30.0 Å². The number of ether oxygens (including phenoxy) is 1. The minimum atomic E-state index is -0.942. The Kier molecular flexibility index (Phi) is 5.14. The van der Waals surface area contributed by atoms with Crippen LogP contribution in [0.5, 0.6) is 0 Å². The summed E-state index contributed by atoms with van der Waals surface area (Å²) in [5.41, 5.74) is 9.05. The Hall–Kier alpha value is -2.93. The molecule has 3 rings (SSSR count). The summed E-state index contributed by atoms with van der Waals surface area (Å²) in [6.07, 6.45) is -0.942. The lowest BCUT2D eigenvalue weighted by Crippen LogP contribution is -2.37. The molecule has 2 aromatic heterocycles. The van der Waals surface area contributed by atoms with Crippen molar-refractivity contribution in [2.24, 2.45) is 0 Å². The third-order valence-corrected chi connectivity index (χ3v) is 5.39. The molecule has 1 amide bonds. The monoisotopic (exact) mass is 383 g/mol. The van der Waals surface area contributed by atoms with Gasteiger partial charge in [0.2, 0.25) is 0 Å². The van der Waals surface area contributed by atoms with Gasteiger partial charge in [0, 0.05) is 23.8 Å². The highest BCUT2D eigenvalue weighted by atomic mass is 32.1. The van der Waals surface area contributed by atoms with E-state index >= 15 is 0 Å². The van der Waals surface area contributed by atoms with Gasteiger partial charge in [0.25, 0.3) is 5.91 Å². The molecule has 0 fully saturated rings. The first-order chi connectivity index (χ1) is 12.8. The van der Waals surface area contributed by atoms with E-state index in [0.717, 1.165) is 22.3 Å². The second-order valence-corrected chi connectivity index (χ2v) is 7.38. The van der Waals surface area contributed by atoms with E-state index in [1.54, 1.807) is 14.0 Å². The number of pyridine rings is 1. The van der Waals surface area contributed by atoms with Crippen LogP contribution >= 0.6 is 11.3 Å². The van der Waals surface area contributed by atoms with Gasteiger partial charge in [-0.2, -0.15) is 0 Å². The van der Waals surface area contributed by atoms with Crippen molar-refractivity contribution in [3.05, 3.63) is 52.5 Å². The lowest BCUT2D eigenvalue weighted by atomic mass is 10.1. The Morgan fingerprint density at radius 3 is 2.56 bits per heavy atom.